The van der Waals surface area contributed by atoms with Gasteiger partial charge in [-0.05, 0) is 38.5 Å². The van der Waals surface area contributed by atoms with E-state index < -0.39 is 11.9 Å². The molecular weight excluding hydrogens is 298 g/mol. The minimum Gasteiger partial charge on any atom is -0.545 e. The number of carboxylic acids is 2. The molecule has 0 amide bonds. The Bertz CT molecular complexity index is 538. The standard InChI is InChI=1S/C13H19NO.C4H4O4/c1-10(2)14-12-7-5-9-15-13-8-4-3-6-11(12)13;5-3(6)1-2-4(7)8/h3-4,6,8,10,12,14H,5,7,9H2,1-2H3;1-2H,(H,5,6)(H,7,8)/b;2-1+. The first-order valence-electron chi connectivity index (χ1n) is 7.59. The second kappa shape index (κ2) is 9.63. The lowest BCUT2D eigenvalue weighted by Gasteiger charge is -2.17. The van der Waals surface area contributed by atoms with E-state index in [4.69, 9.17) is 9.84 Å². The zero-order chi connectivity index (χ0) is 17.2. The molecule has 1 aliphatic heterocycles. The molecule has 0 bridgehead atoms. The van der Waals surface area contributed by atoms with Gasteiger partial charge in [-0.1, -0.05) is 12.1 Å². The van der Waals surface area contributed by atoms with Crippen molar-refractivity contribution < 1.29 is 29.9 Å². The van der Waals surface area contributed by atoms with E-state index in [2.05, 4.69) is 43.4 Å². The van der Waals surface area contributed by atoms with Crippen LogP contribution in [-0.2, 0) is 9.59 Å². The van der Waals surface area contributed by atoms with Gasteiger partial charge in [-0.3, -0.25) is 0 Å². The Morgan fingerprint density at radius 2 is 2.04 bits per heavy atom. The van der Waals surface area contributed by atoms with Gasteiger partial charge in [0.1, 0.15) is 11.8 Å². The summed E-state index contributed by atoms with van der Waals surface area (Å²) in [5.41, 5.74) is 1.36. The predicted octanol–water partition coefficient (Wildman–Crippen LogP) is 0.249. The van der Waals surface area contributed by atoms with Crippen LogP contribution in [0.3, 0.4) is 0 Å². The van der Waals surface area contributed by atoms with Gasteiger partial charge in [-0.2, -0.15) is 0 Å². The SMILES string of the molecule is CC(C)[NH2+]C1CCCOc2ccccc21.O=C([O-])/C=C/C(=O)O. The number of rotatable bonds is 4. The molecule has 1 atom stereocenters. The van der Waals surface area contributed by atoms with Crippen LogP contribution in [0.25, 0.3) is 0 Å². The van der Waals surface area contributed by atoms with E-state index in [-0.39, 0.29) is 0 Å². The molecule has 6 nitrogen and oxygen atoms in total. The molecule has 1 aromatic rings. The molecule has 6 heteroatoms. The second-order valence-corrected chi connectivity index (χ2v) is 5.56. The van der Waals surface area contributed by atoms with Crippen LogP contribution >= 0.6 is 0 Å². The van der Waals surface area contributed by atoms with E-state index in [1.165, 1.54) is 12.0 Å². The molecule has 1 aromatic carbocycles. The van der Waals surface area contributed by atoms with Gasteiger partial charge in [-0.15, -0.1) is 0 Å². The summed E-state index contributed by atoms with van der Waals surface area (Å²) in [5.74, 6) is -1.72. The van der Waals surface area contributed by atoms with Gasteiger partial charge in [0.05, 0.1) is 24.2 Å². The maximum atomic E-state index is 9.53. The monoisotopic (exact) mass is 321 g/mol. The number of benzene rings is 1. The molecule has 0 radical (unpaired) electrons. The van der Waals surface area contributed by atoms with Gasteiger partial charge in [-0.25, -0.2) is 4.79 Å². The summed E-state index contributed by atoms with van der Waals surface area (Å²) in [6, 6.07) is 9.65. The lowest BCUT2D eigenvalue weighted by molar-refractivity contribution is -0.722. The highest BCUT2D eigenvalue weighted by Gasteiger charge is 2.22. The van der Waals surface area contributed by atoms with Gasteiger partial charge in [0.2, 0.25) is 0 Å². The van der Waals surface area contributed by atoms with E-state index in [1.54, 1.807) is 0 Å². The van der Waals surface area contributed by atoms with Crippen molar-refractivity contribution in [1.29, 1.82) is 0 Å². The fourth-order valence-electron chi connectivity index (χ4n) is 2.36. The highest BCUT2D eigenvalue weighted by Crippen LogP contribution is 2.28. The summed E-state index contributed by atoms with van der Waals surface area (Å²) >= 11 is 0. The quantitative estimate of drug-likeness (QED) is 0.774. The molecule has 1 unspecified atom stereocenters. The Labute approximate surface area is 135 Å². The van der Waals surface area contributed by atoms with Crippen LogP contribution in [0.5, 0.6) is 5.75 Å². The van der Waals surface area contributed by atoms with Crippen LogP contribution < -0.4 is 15.2 Å². The number of nitrogens with two attached hydrogens (primary N) is 1. The fraction of sp³-hybridized carbons (Fsp3) is 0.412. The van der Waals surface area contributed by atoms with Gasteiger partial charge in [0, 0.05) is 12.5 Å². The Morgan fingerprint density at radius 1 is 1.35 bits per heavy atom. The lowest BCUT2D eigenvalue weighted by atomic mass is 10.0. The fourth-order valence-corrected chi connectivity index (χ4v) is 2.36. The Hall–Kier alpha value is -2.34. The second-order valence-electron chi connectivity index (χ2n) is 5.56. The number of aliphatic carboxylic acids is 2. The van der Waals surface area contributed by atoms with Crippen LogP contribution in [-0.4, -0.2) is 29.7 Å². The number of carboxylic acid groups (broad SMARTS) is 2. The van der Waals surface area contributed by atoms with Crippen LogP contribution in [0.2, 0.25) is 0 Å². The van der Waals surface area contributed by atoms with E-state index in [1.807, 2.05) is 0 Å². The number of carbonyl (C=O) groups excluding carboxylic acids is 1. The summed E-state index contributed by atoms with van der Waals surface area (Å²) in [6.45, 7) is 5.35. The van der Waals surface area contributed by atoms with E-state index in [9.17, 15) is 14.7 Å². The molecule has 1 aliphatic rings. The molecule has 0 saturated carbocycles. The number of carbonyl (C=O) groups is 2. The summed E-state index contributed by atoms with van der Waals surface area (Å²) in [5, 5.41) is 19.7. The van der Waals surface area contributed by atoms with Crippen molar-refractivity contribution in [2.24, 2.45) is 0 Å². The van der Waals surface area contributed by atoms with Crippen molar-refractivity contribution in [3.05, 3.63) is 42.0 Å². The molecule has 0 aliphatic carbocycles. The minimum atomic E-state index is -1.51. The van der Waals surface area contributed by atoms with Crippen molar-refractivity contribution in [1.82, 2.24) is 0 Å². The largest absolute Gasteiger partial charge is 0.545 e. The predicted molar refractivity (Wildman–Crippen MR) is 82.8 cm³/mol. The van der Waals surface area contributed by atoms with E-state index >= 15 is 0 Å². The van der Waals surface area contributed by atoms with Gasteiger partial charge in [0.25, 0.3) is 0 Å². The molecule has 23 heavy (non-hydrogen) atoms. The van der Waals surface area contributed by atoms with Gasteiger partial charge in [0.15, 0.2) is 0 Å². The molecule has 3 N–H and O–H groups in total. The Kier molecular flexibility index (Phi) is 7.83. The minimum absolute atomic E-state index is 0.447. The zero-order valence-electron chi connectivity index (χ0n) is 13.4. The number of ether oxygens (including phenoxy) is 1. The normalized spacial score (nSPS) is 16.7. The van der Waals surface area contributed by atoms with E-state index in [0.29, 0.717) is 24.2 Å². The molecular formula is C17H23NO5. The highest BCUT2D eigenvalue weighted by molar-refractivity contribution is 5.88. The molecule has 0 aromatic heterocycles. The summed E-state index contributed by atoms with van der Waals surface area (Å²) < 4.78 is 5.74. The molecule has 126 valence electrons. The van der Waals surface area contributed by atoms with Crippen molar-refractivity contribution >= 4 is 11.9 Å². The third-order valence-electron chi connectivity index (χ3n) is 3.21. The third-order valence-corrected chi connectivity index (χ3v) is 3.21. The first-order valence-corrected chi connectivity index (χ1v) is 7.59. The molecule has 2 rings (SSSR count). The van der Waals surface area contributed by atoms with Crippen LogP contribution in [0, 0.1) is 0 Å². The maximum absolute atomic E-state index is 9.53. The van der Waals surface area contributed by atoms with Crippen molar-refractivity contribution in [3.63, 3.8) is 0 Å². The number of fused-ring (bicyclic) bond motifs is 1. The van der Waals surface area contributed by atoms with Crippen molar-refractivity contribution in [2.45, 2.75) is 38.8 Å². The topological polar surface area (TPSA) is 103 Å². The summed E-state index contributed by atoms with van der Waals surface area (Å²) in [7, 11) is 0. The van der Waals surface area contributed by atoms with Crippen LogP contribution in [0.4, 0.5) is 0 Å². The van der Waals surface area contributed by atoms with E-state index in [0.717, 1.165) is 18.8 Å². The number of para-hydroxylation sites is 1. The maximum Gasteiger partial charge on any atom is 0.328 e. The Morgan fingerprint density at radius 3 is 2.61 bits per heavy atom. The van der Waals surface area contributed by atoms with Gasteiger partial charge < -0.3 is 25.1 Å². The summed E-state index contributed by atoms with van der Waals surface area (Å²) in [4.78, 5) is 19.0. The summed E-state index contributed by atoms with van der Waals surface area (Å²) in [6.07, 6.45) is 3.31. The number of hydrogen-bond donors (Lipinski definition) is 2. The lowest BCUT2D eigenvalue weighted by Crippen LogP contribution is -2.89. The van der Waals surface area contributed by atoms with Gasteiger partial charge >= 0.3 is 5.97 Å². The first kappa shape index (κ1) is 18.7. The van der Waals surface area contributed by atoms with Crippen molar-refractivity contribution in [2.75, 3.05) is 6.61 Å². The number of hydrogen-bond acceptors (Lipinski definition) is 4. The molecule has 0 saturated heterocycles. The smallest absolute Gasteiger partial charge is 0.328 e. The highest BCUT2D eigenvalue weighted by atomic mass is 16.5. The molecule has 0 fully saturated rings. The zero-order valence-corrected chi connectivity index (χ0v) is 13.4. The van der Waals surface area contributed by atoms with Crippen molar-refractivity contribution in [3.8, 4) is 5.75 Å². The molecule has 1 heterocycles. The average Bonchev–Trinajstić information content (AvgIpc) is 2.68. The number of quaternary nitrogens is 1. The third kappa shape index (κ3) is 7.46. The molecule has 0 spiro atoms. The first-order chi connectivity index (χ1) is 10.9. The Balaban J connectivity index is 0.000000284. The average molecular weight is 321 g/mol. The van der Waals surface area contributed by atoms with Crippen LogP contribution in [0.15, 0.2) is 36.4 Å². The van der Waals surface area contributed by atoms with Crippen LogP contribution in [0.1, 0.15) is 38.3 Å².